The Morgan fingerprint density at radius 3 is 2.76 bits per heavy atom. The van der Waals surface area contributed by atoms with Crippen molar-refractivity contribution >= 4 is 5.91 Å². The quantitative estimate of drug-likeness (QED) is 0.747. The van der Waals surface area contributed by atoms with Gasteiger partial charge in [-0.15, -0.1) is 5.10 Å². The Balaban J connectivity index is 2.12. The first-order valence-corrected chi connectivity index (χ1v) is 8.03. The van der Waals surface area contributed by atoms with Crippen LogP contribution in [-0.4, -0.2) is 39.5 Å². The molecule has 0 saturated carbocycles. The highest BCUT2D eigenvalue weighted by molar-refractivity contribution is 5.98. The number of ether oxygens (including phenoxy) is 1. The Bertz CT molecular complexity index is 861. The van der Waals surface area contributed by atoms with Gasteiger partial charge in [0.05, 0.1) is 12.8 Å². The third kappa shape index (κ3) is 3.50. The summed E-state index contributed by atoms with van der Waals surface area (Å²) in [4.78, 5) is 16.5. The van der Waals surface area contributed by atoms with Crippen LogP contribution in [0.3, 0.4) is 0 Å². The lowest BCUT2D eigenvalue weighted by Gasteiger charge is -2.09. The fourth-order valence-electron chi connectivity index (χ4n) is 2.45. The van der Waals surface area contributed by atoms with Crippen molar-refractivity contribution < 1.29 is 9.53 Å². The zero-order valence-corrected chi connectivity index (χ0v) is 14.1. The lowest BCUT2D eigenvalue weighted by atomic mass is 10.1. The number of amides is 1. The minimum Gasteiger partial charge on any atom is -0.497 e. The van der Waals surface area contributed by atoms with Crippen LogP contribution in [0.25, 0.3) is 16.9 Å². The number of pyridine rings is 1. The Kier molecular flexibility index (Phi) is 5.03. The van der Waals surface area contributed by atoms with Crippen LogP contribution < -0.4 is 10.1 Å². The second-order valence-electron chi connectivity index (χ2n) is 5.39. The van der Waals surface area contributed by atoms with Gasteiger partial charge in [-0.3, -0.25) is 9.78 Å². The average molecular weight is 337 g/mol. The summed E-state index contributed by atoms with van der Waals surface area (Å²) in [6.07, 6.45) is 4.19. The highest BCUT2D eigenvalue weighted by Crippen LogP contribution is 2.26. The van der Waals surface area contributed by atoms with Crippen LogP contribution in [0.2, 0.25) is 0 Å². The Morgan fingerprint density at radius 2 is 2.04 bits per heavy atom. The number of nitrogens with one attached hydrogen (secondary N) is 1. The van der Waals surface area contributed by atoms with Gasteiger partial charge in [0.15, 0.2) is 5.69 Å². The van der Waals surface area contributed by atoms with E-state index >= 15 is 0 Å². The summed E-state index contributed by atoms with van der Waals surface area (Å²) in [6.45, 7) is 2.58. The van der Waals surface area contributed by atoms with Gasteiger partial charge in [-0.05, 0) is 30.7 Å². The minimum absolute atomic E-state index is 0.247. The van der Waals surface area contributed by atoms with Gasteiger partial charge in [-0.1, -0.05) is 18.2 Å². The molecule has 1 N–H and O–H groups in total. The number of hydrogen-bond acceptors (Lipinski definition) is 5. The molecule has 7 heteroatoms. The summed E-state index contributed by atoms with van der Waals surface area (Å²) < 4.78 is 6.92. The Hall–Kier alpha value is -3.22. The summed E-state index contributed by atoms with van der Waals surface area (Å²) in [5.41, 5.74) is 2.46. The fourth-order valence-corrected chi connectivity index (χ4v) is 2.45. The predicted molar refractivity (Wildman–Crippen MR) is 93.8 cm³/mol. The smallest absolute Gasteiger partial charge is 0.274 e. The highest BCUT2D eigenvalue weighted by atomic mass is 16.5. The van der Waals surface area contributed by atoms with Crippen LogP contribution in [0.4, 0.5) is 0 Å². The molecule has 0 aliphatic heterocycles. The SMILES string of the molecule is CCCNC(=O)c1nnn(-c2cccc(OC)c2)c1-c1ccncc1. The summed E-state index contributed by atoms with van der Waals surface area (Å²) in [7, 11) is 1.61. The van der Waals surface area contributed by atoms with Gasteiger partial charge in [-0.2, -0.15) is 0 Å². The number of rotatable bonds is 6. The number of carbonyl (C=O) groups excluding carboxylic acids is 1. The predicted octanol–water partition coefficient (Wildman–Crippen LogP) is 2.48. The first-order valence-electron chi connectivity index (χ1n) is 8.03. The molecule has 0 unspecified atom stereocenters. The first kappa shape index (κ1) is 16.6. The molecule has 3 rings (SSSR count). The van der Waals surface area contributed by atoms with Crippen molar-refractivity contribution in [2.24, 2.45) is 0 Å². The zero-order chi connectivity index (χ0) is 17.6. The number of aromatic nitrogens is 4. The molecule has 0 aliphatic rings. The van der Waals surface area contributed by atoms with Crippen LogP contribution >= 0.6 is 0 Å². The number of nitrogens with zero attached hydrogens (tertiary/aromatic N) is 4. The zero-order valence-electron chi connectivity index (χ0n) is 14.1. The second kappa shape index (κ2) is 7.57. The molecule has 2 aromatic heterocycles. The molecule has 7 nitrogen and oxygen atoms in total. The van der Waals surface area contributed by atoms with E-state index in [0.29, 0.717) is 18.0 Å². The van der Waals surface area contributed by atoms with Crippen molar-refractivity contribution in [3.8, 4) is 22.7 Å². The molecule has 0 bridgehead atoms. The van der Waals surface area contributed by atoms with Crippen molar-refractivity contribution in [3.05, 3.63) is 54.5 Å². The molecule has 128 valence electrons. The monoisotopic (exact) mass is 337 g/mol. The standard InChI is InChI=1S/C18H19N5O2/c1-3-9-20-18(24)16-17(13-7-10-19-11-8-13)23(22-21-16)14-5-4-6-15(12-14)25-2/h4-8,10-12H,3,9H2,1-2H3,(H,20,24). The third-order valence-electron chi connectivity index (χ3n) is 3.67. The number of carbonyl (C=O) groups is 1. The largest absolute Gasteiger partial charge is 0.497 e. The number of hydrogen-bond donors (Lipinski definition) is 1. The average Bonchev–Trinajstić information content (AvgIpc) is 3.12. The van der Waals surface area contributed by atoms with E-state index in [9.17, 15) is 4.79 Å². The molecule has 0 saturated heterocycles. The Labute approximate surface area is 145 Å². The van der Waals surface area contributed by atoms with Crippen molar-refractivity contribution in [3.63, 3.8) is 0 Å². The van der Waals surface area contributed by atoms with E-state index in [0.717, 1.165) is 17.7 Å². The van der Waals surface area contributed by atoms with E-state index in [2.05, 4.69) is 20.6 Å². The maximum atomic E-state index is 12.5. The third-order valence-corrected chi connectivity index (χ3v) is 3.67. The van der Waals surface area contributed by atoms with Gasteiger partial charge in [0.1, 0.15) is 11.4 Å². The van der Waals surface area contributed by atoms with Crippen LogP contribution in [-0.2, 0) is 0 Å². The molecule has 0 fully saturated rings. The van der Waals surface area contributed by atoms with Crippen LogP contribution in [0, 0.1) is 0 Å². The number of benzene rings is 1. The molecule has 2 heterocycles. The molecule has 0 spiro atoms. The normalized spacial score (nSPS) is 10.5. The maximum absolute atomic E-state index is 12.5. The van der Waals surface area contributed by atoms with E-state index < -0.39 is 0 Å². The minimum atomic E-state index is -0.247. The summed E-state index contributed by atoms with van der Waals surface area (Å²) in [6, 6.07) is 11.1. The van der Waals surface area contributed by atoms with E-state index in [-0.39, 0.29) is 11.6 Å². The van der Waals surface area contributed by atoms with Gasteiger partial charge in [-0.25, -0.2) is 4.68 Å². The summed E-state index contributed by atoms with van der Waals surface area (Å²) >= 11 is 0. The van der Waals surface area contributed by atoms with Gasteiger partial charge in [0.2, 0.25) is 0 Å². The molecular formula is C18H19N5O2. The first-order chi connectivity index (χ1) is 12.2. The van der Waals surface area contributed by atoms with E-state index in [1.165, 1.54) is 0 Å². The van der Waals surface area contributed by atoms with Crippen LogP contribution in [0.1, 0.15) is 23.8 Å². The molecule has 0 radical (unpaired) electrons. The molecule has 1 amide bonds. The highest BCUT2D eigenvalue weighted by Gasteiger charge is 2.22. The van der Waals surface area contributed by atoms with Crippen molar-refractivity contribution in [2.45, 2.75) is 13.3 Å². The molecule has 1 aromatic carbocycles. The topological polar surface area (TPSA) is 81.9 Å². The van der Waals surface area contributed by atoms with Gasteiger partial charge in [0, 0.05) is 30.6 Å². The van der Waals surface area contributed by atoms with Crippen molar-refractivity contribution in [1.29, 1.82) is 0 Å². The van der Waals surface area contributed by atoms with Crippen LogP contribution in [0.5, 0.6) is 5.75 Å². The van der Waals surface area contributed by atoms with Crippen molar-refractivity contribution in [1.82, 2.24) is 25.3 Å². The maximum Gasteiger partial charge on any atom is 0.274 e. The van der Waals surface area contributed by atoms with E-state index in [1.54, 1.807) is 24.2 Å². The Morgan fingerprint density at radius 1 is 1.24 bits per heavy atom. The molecule has 0 aliphatic carbocycles. The van der Waals surface area contributed by atoms with Gasteiger partial charge < -0.3 is 10.1 Å². The molecule has 25 heavy (non-hydrogen) atoms. The molecular weight excluding hydrogens is 318 g/mol. The summed E-state index contributed by atoms with van der Waals surface area (Å²) in [5.74, 6) is 0.452. The van der Waals surface area contributed by atoms with Gasteiger partial charge in [0.25, 0.3) is 5.91 Å². The van der Waals surface area contributed by atoms with E-state index in [1.807, 2.05) is 43.3 Å². The lowest BCUT2D eigenvalue weighted by Crippen LogP contribution is -2.25. The second-order valence-corrected chi connectivity index (χ2v) is 5.39. The molecule has 0 atom stereocenters. The fraction of sp³-hybridized carbons (Fsp3) is 0.222. The van der Waals surface area contributed by atoms with Gasteiger partial charge >= 0.3 is 0 Å². The van der Waals surface area contributed by atoms with Crippen molar-refractivity contribution in [2.75, 3.05) is 13.7 Å². The number of methoxy groups -OCH3 is 1. The molecule has 3 aromatic rings. The van der Waals surface area contributed by atoms with Crippen LogP contribution in [0.15, 0.2) is 48.8 Å². The lowest BCUT2D eigenvalue weighted by molar-refractivity contribution is 0.0949. The summed E-state index contributed by atoms with van der Waals surface area (Å²) in [5, 5.41) is 11.2. The van der Waals surface area contributed by atoms with E-state index in [4.69, 9.17) is 4.74 Å².